The molecule has 0 atom stereocenters. The zero-order valence-corrected chi connectivity index (χ0v) is 23.2. The Morgan fingerprint density at radius 2 is 0.868 bits per heavy atom. The van der Waals surface area contributed by atoms with Crippen molar-refractivity contribution in [2.75, 3.05) is 26.4 Å². The van der Waals surface area contributed by atoms with E-state index in [2.05, 4.69) is 20.6 Å². The minimum atomic E-state index is -0.0786. The molecule has 38 heavy (non-hydrogen) atoms. The van der Waals surface area contributed by atoms with Crippen molar-refractivity contribution in [2.24, 2.45) is 20.6 Å². The smallest absolute Gasteiger partial charge is 0.177 e. The van der Waals surface area contributed by atoms with Gasteiger partial charge < -0.3 is 19.4 Å². The van der Waals surface area contributed by atoms with Crippen molar-refractivity contribution >= 4 is 35.4 Å². The van der Waals surface area contributed by atoms with Gasteiger partial charge in [-0.05, 0) is 76.3 Å². The Kier molecular flexibility index (Phi) is 18.4. The van der Waals surface area contributed by atoms with E-state index < -0.39 is 0 Å². The fourth-order valence-corrected chi connectivity index (χ4v) is 2.76. The lowest BCUT2D eigenvalue weighted by Crippen LogP contribution is -2.05. The molecule has 0 saturated carbocycles. The number of oxime groups is 4. The first kappa shape index (κ1) is 32.5. The number of benzene rings is 1. The molecule has 10 nitrogen and oxygen atoms in total. The van der Waals surface area contributed by atoms with Crippen molar-refractivity contribution in [2.45, 2.75) is 79.1 Å². The van der Waals surface area contributed by atoms with E-state index in [1.807, 2.05) is 24.3 Å². The van der Waals surface area contributed by atoms with Gasteiger partial charge in [0.15, 0.2) is 11.6 Å². The van der Waals surface area contributed by atoms with Crippen LogP contribution < -0.4 is 0 Å². The summed E-state index contributed by atoms with van der Waals surface area (Å²) in [5, 5.41) is 15.5. The van der Waals surface area contributed by atoms with Crippen LogP contribution in [0.25, 0.3) is 0 Å². The van der Waals surface area contributed by atoms with Gasteiger partial charge in [-0.25, -0.2) is 0 Å². The number of nitrogens with zero attached hydrogens (tertiary/aromatic N) is 4. The molecular formula is C28H42N4O6. The third kappa shape index (κ3) is 17.8. The van der Waals surface area contributed by atoms with Crippen molar-refractivity contribution in [3.63, 3.8) is 0 Å². The minimum absolute atomic E-state index is 0.0786. The number of hydrogen-bond acceptors (Lipinski definition) is 10. The molecule has 0 N–H and O–H groups in total. The van der Waals surface area contributed by atoms with Gasteiger partial charge in [0.1, 0.15) is 37.9 Å². The fraction of sp³-hybridized carbons (Fsp3) is 0.571. The SMILES string of the molecule is CC(=O)/C(C)=N\OCCCCCCO/N=C/c1ccc(/C=N/OCCCCCCO/N=C(\C)C(C)=O)cc1. The molecule has 0 aliphatic heterocycles. The Morgan fingerprint density at radius 3 is 1.18 bits per heavy atom. The Bertz CT molecular complexity index is 851. The molecule has 0 radical (unpaired) electrons. The van der Waals surface area contributed by atoms with Crippen LogP contribution in [0.5, 0.6) is 0 Å². The zero-order chi connectivity index (χ0) is 27.8. The van der Waals surface area contributed by atoms with Gasteiger partial charge >= 0.3 is 0 Å². The summed E-state index contributed by atoms with van der Waals surface area (Å²) in [5.41, 5.74) is 2.65. The molecule has 0 bridgehead atoms. The summed E-state index contributed by atoms with van der Waals surface area (Å²) in [7, 11) is 0. The molecule has 0 amide bonds. The third-order valence-electron chi connectivity index (χ3n) is 5.35. The Labute approximate surface area is 226 Å². The molecule has 0 saturated heterocycles. The van der Waals surface area contributed by atoms with Gasteiger partial charge in [0.05, 0.1) is 12.4 Å². The molecule has 10 heteroatoms. The van der Waals surface area contributed by atoms with Gasteiger partial charge in [-0.2, -0.15) is 0 Å². The second-order valence-electron chi connectivity index (χ2n) is 8.76. The topological polar surface area (TPSA) is 120 Å². The number of ketones is 2. The van der Waals surface area contributed by atoms with E-state index in [-0.39, 0.29) is 11.6 Å². The molecule has 1 rings (SSSR count). The minimum Gasteiger partial charge on any atom is -0.396 e. The van der Waals surface area contributed by atoms with Crippen LogP contribution in [-0.4, -0.2) is 61.8 Å². The van der Waals surface area contributed by atoms with E-state index in [0.29, 0.717) is 37.9 Å². The highest BCUT2D eigenvalue weighted by molar-refractivity contribution is 6.38. The molecule has 1 aromatic carbocycles. The van der Waals surface area contributed by atoms with E-state index in [9.17, 15) is 9.59 Å². The van der Waals surface area contributed by atoms with Crippen LogP contribution in [0.15, 0.2) is 44.9 Å². The molecule has 1 aromatic rings. The van der Waals surface area contributed by atoms with Crippen LogP contribution in [-0.2, 0) is 28.9 Å². The molecule has 0 unspecified atom stereocenters. The molecular weight excluding hydrogens is 488 g/mol. The number of carbonyl (C=O) groups is 2. The quantitative estimate of drug-likeness (QED) is 0.111. The van der Waals surface area contributed by atoms with Crippen LogP contribution in [0.2, 0.25) is 0 Å². The Morgan fingerprint density at radius 1 is 0.553 bits per heavy atom. The van der Waals surface area contributed by atoms with Crippen LogP contribution in [0.4, 0.5) is 0 Å². The fourth-order valence-electron chi connectivity index (χ4n) is 2.76. The lowest BCUT2D eigenvalue weighted by atomic mass is 10.2. The predicted octanol–water partition coefficient (Wildman–Crippen LogP) is 5.47. The van der Waals surface area contributed by atoms with E-state index in [1.165, 1.54) is 13.8 Å². The average molecular weight is 531 g/mol. The predicted molar refractivity (Wildman–Crippen MR) is 150 cm³/mol. The summed E-state index contributed by atoms with van der Waals surface area (Å²) in [4.78, 5) is 42.9. The summed E-state index contributed by atoms with van der Waals surface area (Å²) in [5.74, 6) is -0.157. The monoisotopic (exact) mass is 530 g/mol. The largest absolute Gasteiger partial charge is 0.396 e. The highest BCUT2D eigenvalue weighted by Gasteiger charge is 1.99. The van der Waals surface area contributed by atoms with Gasteiger partial charge in [-0.3, -0.25) is 9.59 Å². The maximum Gasteiger partial charge on any atom is 0.177 e. The van der Waals surface area contributed by atoms with Crippen molar-refractivity contribution < 1.29 is 28.9 Å². The molecule has 0 fully saturated rings. The summed E-state index contributed by atoms with van der Waals surface area (Å²) in [6, 6.07) is 7.76. The van der Waals surface area contributed by atoms with Gasteiger partial charge in [-0.1, -0.05) is 44.9 Å². The van der Waals surface area contributed by atoms with Gasteiger partial charge in [0, 0.05) is 13.8 Å². The number of Topliss-reactive ketones (excluding diaryl/α,β-unsaturated/α-hetero) is 2. The first-order valence-electron chi connectivity index (χ1n) is 13.2. The number of unbranched alkanes of at least 4 members (excludes halogenated alkanes) is 6. The Balaban J connectivity index is 2.03. The third-order valence-corrected chi connectivity index (χ3v) is 5.35. The van der Waals surface area contributed by atoms with Crippen molar-refractivity contribution in [3.05, 3.63) is 35.4 Å². The summed E-state index contributed by atoms with van der Waals surface area (Å²) in [6.07, 6.45) is 11.0. The van der Waals surface area contributed by atoms with Crippen LogP contribution in [0, 0.1) is 0 Å². The van der Waals surface area contributed by atoms with Gasteiger partial charge in [-0.15, -0.1) is 0 Å². The molecule has 0 aliphatic carbocycles. The summed E-state index contributed by atoms with van der Waals surface area (Å²) in [6.45, 7) is 8.35. The van der Waals surface area contributed by atoms with Crippen molar-refractivity contribution in [1.29, 1.82) is 0 Å². The average Bonchev–Trinajstić information content (AvgIpc) is 2.90. The molecule has 0 aliphatic rings. The highest BCUT2D eigenvalue weighted by Crippen LogP contribution is 2.04. The normalized spacial score (nSPS) is 12.2. The zero-order valence-electron chi connectivity index (χ0n) is 23.2. The number of rotatable bonds is 22. The summed E-state index contributed by atoms with van der Waals surface area (Å²) < 4.78 is 0. The molecule has 210 valence electrons. The standard InChI is InChI=1S/C28H42N4O6/c1-23(25(3)33)31-37-19-11-7-5-9-17-35-29-21-27-13-15-28(16-14-27)22-30-36-18-10-6-8-12-20-38-32-24(2)26(4)34/h13-16,21-22H,5-12,17-20H2,1-4H3/b29-21+,30-22+,31-23-,32-24+. The maximum absolute atomic E-state index is 11.0. The molecule has 0 heterocycles. The first-order valence-corrected chi connectivity index (χ1v) is 13.2. The molecule has 0 spiro atoms. The van der Waals surface area contributed by atoms with Crippen molar-refractivity contribution in [3.8, 4) is 0 Å². The number of hydrogen-bond donors (Lipinski definition) is 0. The van der Waals surface area contributed by atoms with E-state index in [4.69, 9.17) is 19.4 Å². The Hall–Kier alpha value is -3.56. The van der Waals surface area contributed by atoms with Gasteiger partial charge in [0.2, 0.25) is 0 Å². The van der Waals surface area contributed by atoms with Crippen LogP contribution in [0.3, 0.4) is 0 Å². The number of carbonyl (C=O) groups excluding carboxylic acids is 2. The lowest BCUT2D eigenvalue weighted by Gasteiger charge is -2.02. The summed E-state index contributed by atoms with van der Waals surface area (Å²) >= 11 is 0. The van der Waals surface area contributed by atoms with Crippen LogP contribution >= 0.6 is 0 Å². The second kappa shape index (κ2) is 21.5. The lowest BCUT2D eigenvalue weighted by molar-refractivity contribution is -0.112. The van der Waals surface area contributed by atoms with Crippen LogP contribution in [0.1, 0.15) is 90.2 Å². The van der Waals surface area contributed by atoms with Gasteiger partial charge in [0.25, 0.3) is 0 Å². The van der Waals surface area contributed by atoms with E-state index in [1.54, 1.807) is 26.3 Å². The van der Waals surface area contributed by atoms with E-state index >= 15 is 0 Å². The van der Waals surface area contributed by atoms with E-state index in [0.717, 1.165) is 62.5 Å². The van der Waals surface area contributed by atoms with Crippen molar-refractivity contribution in [1.82, 2.24) is 0 Å². The highest BCUT2D eigenvalue weighted by atomic mass is 16.6. The maximum atomic E-state index is 11.0. The second-order valence-corrected chi connectivity index (χ2v) is 8.76. The molecule has 0 aromatic heterocycles. The first-order chi connectivity index (χ1) is 18.4.